The number of rotatable bonds is 10. The Hall–Kier alpha value is -8.67. The van der Waals surface area contributed by atoms with Crippen LogP contribution < -0.4 is 0 Å². The summed E-state index contributed by atoms with van der Waals surface area (Å²) in [4.78, 5) is 23.9. The highest BCUT2D eigenvalue weighted by atomic mass is 15.0. The fraction of sp³-hybridized carbons (Fsp3) is 0.0167. The largest absolute Gasteiger partial charge is 0.264 e. The first kappa shape index (κ1) is 40.4. The third-order valence-corrected chi connectivity index (χ3v) is 11.8. The Kier molecular flexibility index (Phi) is 11.2. The van der Waals surface area contributed by atoms with Crippen molar-refractivity contribution in [3.8, 4) is 44.6 Å². The lowest BCUT2D eigenvalue weighted by atomic mass is 9.93. The minimum absolute atomic E-state index is 0.356. The van der Waals surface area contributed by atoms with E-state index in [0.29, 0.717) is 18.2 Å². The molecule has 5 heteroatoms. The number of allylic oxidation sites excluding steroid dienone is 2. The van der Waals surface area contributed by atoms with Gasteiger partial charge in [0.2, 0.25) is 0 Å². The van der Waals surface area contributed by atoms with Crippen LogP contribution in [0.2, 0.25) is 0 Å². The monoisotopic (exact) mass is 833 g/mol. The van der Waals surface area contributed by atoms with Crippen molar-refractivity contribution < 1.29 is 0 Å². The molecular weight excluding hydrogens is 791 g/mol. The van der Waals surface area contributed by atoms with Gasteiger partial charge in [-0.2, -0.15) is 0 Å². The lowest BCUT2D eigenvalue weighted by Gasteiger charge is -2.13. The molecule has 10 rings (SSSR count). The molecule has 0 aliphatic carbocycles. The third kappa shape index (κ3) is 8.34. The number of fused-ring (bicyclic) bond motifs is 5. The summed E-state index contributed by atoms with van der Waals surface area (Å²) in [5.74, 6) is 0.964. The molecule has 2 heterocycles. The summed E-state index contributed by atoms with van der Waals surface area (Å²) in [7, 11) is 0. The molecule has 0 amide bonds. The third-order valence-electron chi connectivity index (χ3n) is 11.8. The average molecular weight is 834 g/mol. The highest BCUT2D eigenvalue weighted by Gasteiger charge is 2.14. The van der Waals surface area contributed by atoms with Crippen LogP contribution in [0.5, 0.6) is 0 Å². The standard InChI is InChI=1S/C60H43N5/c1-4-13-41(5-2)60(65-59(61-3)45-15-7-6-8-16-45)63-38-40-32-52(44-22-20-43(21-23-44)47-25-24-42-14-9-10-17-46(42)34-47)37-53(33-40)50-27-26-49-36-51(29-28-48(49)35-50)58-56-39-62-31-30-54(56)55-18-11-12-19-57(55)64-58/h4-37,39H,1-3,38H2/b41-13+,63-60?,65-59?. The van der Waals surface area contributed by atoms with Gasteiger partial charge in [0.25, 0.3) is 0 Å². The number of nitrogens with zero attached hydrogens (tertiary/aromatic N) is 5. The molecule has 308 valence electrons. The number of pyridine rings is 2. The lowest BCUT2D eigenvalue weighted by molar-refractivity contribution is 1.06. The van der Waals surface area contributed by atoms with Crippen LogP contribution in [0.4, 0.5) is 0 Å². The summed E-state index contributed by atoms with van der Waals surface area (Å²) in [6.45, 7) is 12.2. The van der Waals surface area contributed by atoms with Crippen LogP contribution in [0.1, 0.15) is 11.1 Å². The van der Waals surface area contributed by atoms with Crippen LogP contribution >= 0.6 is 0 Å². The predicted molar refractivity (Wildman–Crippen MR) is 276 cm³/mol. The van der Waals surface area contributed by atoms with Crippen molar-refractivity contribution in [2.75, 3.05) is 0 Å². The minimum Gasteiger partial charge on any atom is -0.264 e. The maximum absolute atomic E-state index is 5.14. The van der Waals surface area contributed by atoms with Crippen LogP contribution in [0.15, 0.2) is 246 Å². The van der Waals surface area contributed by atoms with E-state index in [0.717, 1.165) is 88.2 Å². The van der Waals surface area contributed by atoms with Gasteiger partial charge in [-0.3, -0.25) is 9.98 Å². The molecule has 0 saturated carbocycles. The topological polar surface area (TPSA) is 62.9 Å². The second-order valence-corrected chi connectivity index (χ2v) is 15.9. The van der Waals surface area contributed by atoms with Gasteiger partial charge in [0.1, 0.15) is 0 Å². The molecular formula is C60H43N5. The number of hydrogen-bond acceptors (Lipinski definition) is 3. The zero-order valence-electron chi connectivity index (χ0n) is 35.8. The van der Waals surface area contributed by atoms with Crippen molar-refractivity contribution in [2.45, 2.75) is 6.54 Å². The quantitative estimate of drug-likeness (QED) is 0.0596. The Bertz CT molecular complexity index is 3560. The van der Waals surface area contributed by atoms with Gasteiger partial charge in [-0.1, -0.05) is 165 Å². The minimum atomic E-state index is 0.356. The Morgan fingerprint density at radius 3 is 1.86 bits per heavy atom. The van der Waals surface area contributed by atoms with Gasteiger partial charge in [0.15, 0.2) is 11.7 Å². The Morgan fingerprint density at radius 1 is 0.523 bits per heavy atom. The van der Waals surface area contributed by atoms with Crippen molar-refractivity contribution in [3.63, 3.8) is 0 Å². The van der Waals surface area contributed by atoms with E-state index in [1.54, 1.807) is 12.2 Å². The maximum atomic E-state index is 5.14. The number of benzene rings is 8. The van der Waals surface area contributed by atoms with E-state index in [-0.39, 0.29) is 0 Å². The summed E-state index contributed by atoms with van der Waals surface area (Å²) in [5.41, 5.74) is 12.3. The first-order valence-electron chi connectivity index (χ1n) is 21.6. The predicted octanol–water partition coefficient (Wildman–Crippen LogP) is 15.1. The molecule has 10 aromatic rings. The molecule has 5 nitrogen and oxygen atoms in total. The van der Waals surface area contributed by atoms with Crippen LogP contribution in [0.25, 0.3) is 87.9 Å². The fourth-order valence-corrected chi connectivity index (χ4v) is 8.53. The van der Waals surface area contributed by atoms with E-state index in [1.807, 2.05) is 54.9 Å². The van der Waals surface area contributed by atoms with Gasteiger partial charge in [0, 0.05) is 39.9 Å². The van der Waals surface area contributed by atoms with E-state index >= 15 is 0 Å². The number of hydrogen-bond donors (Lipinski definition) is 0. The number of amidine groups is 2. The van der Waals surface area contributed by atoms with E-state index < -0.39 is 0 Å². The summed E-state index contributed by atoms with van der Waals surface area (Å²) in [5, 5.41) is 8.01. The van der Waals surface area contributed by atoms with Crippen molar-refractivity contribution in [2.24, 2.45) is 15.0 Å². The van der Waals surface area contributed by atoms with Crippen LogP contribution in [0, 0.1) is 0 Å². The maximum Gasteiger partial charge on any atom is 0.161 e. The normalized spacial score (nSPS) is 12.2. The Balaban J connectivity index is 1.06. The average Bonchev–Trinajstić information content (AvgIpc) is 3.37. The fourth-order valence-electron chi connectivity index (χ4n) is 8.53. The molecule has 0 aliphatic heterocycles. The smallest absolute Gasteiger partial charge is 0.161 e. The molecule has 0 radical (unpaired) electrons. The van der Waals surface area contributed by atoms with Crippen LogP contribution in [-0.4, -0.2) is 28.4 Å². The molecule has 0 N–H and O–H groups in total. The summed E-state index contributed by atoms with van der Waals surface area (Å²) < 4.78 is 0. The first-order chi connectivity index (χ1) is 32.0. The van der Waals surface area contributed by atoms with Gasteiger partial charge in [-0.15, -0.1) is 0 Å². The van der Waals surface area contributed by atoms with Gasteiger partial charge in [-0.05, 0) is 121 Å². The van der Waals surface area contributed by atoms with Crippen molar-refractivity contribution in [1.82, 2.24) is 9.97 Å². The first-order valence-corrected chi connectivity index (χ1v) is 21.6. The van der Waals surface area contributed by atoms with E-state index in [1.165, 1.54) is 16.3 Å². The van der Waals surface area contributed by atoms with Gasteiger partial charge in [-0.25, -0.2) is 15.0 Å². The van der Waals surface area contributed by atoms with Crippen LogP contribution in [0.3, 0.4) is 0 Å². The molecule has 2 aromatic heterocycles. The highest BCUT2D eigenvalue weighted by molar-refractivity contribution is 6.14. The van der Waals surface area contributed by atoms with Gasteiger partial charge < -0.3 is 0 Å². The van der Waals surface area contributed by atoms with Crippen LogP contribution in [-0.2, 0) is 6.54 Å². The second kappa shape index (κ2) is 18.0. The SMILES string of the molecule is C=C/C=C(\C=C)C(=NCc1cc(-c2ccc(-c3ccc4ccccc4c3)cc2)cc(-c2ccc3cc(-c4nc5ccccc5c5ccncc45)ccc3c2)c1)N=C(N=C)c1ccccc1. The number of aromatic nitrogens is 2. The molecule has 0 unspecified atom stereocenters. The molecule has 0 aliphatic rings. The molecule has 0 fully saturated rings. The van der Waals surface area contributed by atoms with Crippen molar-refractivity contribution in [3.05, 3.63) is 242 Å². The molecule has 0 atom stereocenters. The molecule has 0 spiro atoms. The van der Waals surface area contributed by atoms with E-state index in [2.05, 4.69) is 175 Å². The molecule has 0 bridgehead atoms. The zero-order chi connectivity index (χ0) is 44.1. The molecule has 0 saturated heterocycles. The number of aliphatic imine (C=N–C) groups is 3. The number of para-hydroxylation sites is 1. The van der Waals surface area contributed by atoms with E-state index in [9.17, 15) is 0 Å². The van der Waals surface area contributed by atoms with E-state index in [4.69, 9.17) is 15.0 Å². The van der Waals surface area contributed by atoms with Gasteiger partial charge >= 0.3 is 0 Å². The van der Waals surface area contributed by atoms with Gasteiger partial charge in [0.05, 0.1) is 17.8 Å². The van der Waals surface area contributed by atoms with Crippen molar-refractivity contribution in [1.29, 1.82) is 0 Å². The Labute approximate surface area is 378 Å². The zero-order valence-corrected chi connectivity index (χ0v) is 35.8. The highest BCUT2D eigenvalue weighted by Crippen LogP contribution is 2.36. The second-order valence-electron chi connectivity index (χ2n) is 15.9. The summed E-state index contributed by atoms with van der Waals surface area (Å²) in [6.07, 6.45) is 9.08. The molecule has 65 heavy (non-hydrogen) atoms. The summed E-state index contributed by atoms with van der Waals surface area (Å²) >= 11 is 0. The molecule has 8 aromatic carbocycles. The lowest BCUT2D eigenvalue weighted by Crippen LogP contribution is -2.06. The summed E-state index contributed by atoms with van der Waals surface area (Å²) in [6, 6.07) is 64.1. The van der Waals surface area contributed by atoms with Crippen molar-refractivity contribution >= 4 is 61.6 Å². The Morgan fingerprint density at radius 2 is 1.12 bits per heavy atom.